The Labute approximate surface area is 184 Å². The second kappa shape index (κ2) is 16.1. The number of imide groups is 1. The molecule has 1 aliphatic heterocycles. The van der Waals surface area contributed by atoms with Crippen molar-refractivity contribution in [2.45, 2.75) is 82.3 Å². The molecule has 1 rings (SSSR count). The Balaban J connectivity index is 2.06. The van der Waals surface area contributed by atoms with Crippen LogP contribution >= 0.6 is 11.8 Å². The van der Waals surface area contributed by atoms with Crippen LogP contribution in [0.15, 0.2) is 0 Å². The molecule has 1 heterocycles. The van der Waals surface area contributed by atoms with Gasteiger partial charge in [-0.2, -0.15) is 0 Å². The van der Waals surface area contributed by atoms with E-state index in [4.69, 9.17) is 11.5 Å². The molecule has 8 nitrogen and oxygen atoms in total. The molecule has 9 heteroatoms. The molecule has 0 aromatic carbocycles. The predicted molar refractivity (Wildman–Crippen MR) is 120 cm³/mol. The zero-order valence-electron chi connectivity index (χ0n) is 18.0. The number of hydrogen-bond donors (Lipinski definition) is 3. The van der Waals surface area contributed by atoms with Gasteiger partial charge in [-0.1, -0.05) is 19.3 Å². The Hall–Kier alpha value is -1.61. The van der Waals surface area contributed by atoms with E-state index in [9.17, 15) is 19.2 Å². The van der Waals surface area contributed by atoms with Crippen LogP contribution in [0.3, 0.4) is 0 Å². The summed E-state index contributed by atoms with van der Waals surface area (Å²) in [4.78, 5) is 48.3. The average Bonchev–Trinajstić information content (AvgIpc) is 2.97. The first-order valence-electron chi connectivity index (χ1n) is 11.2. The van der Waals surface area contributed by atoms with Gasteiger partial charge in [0.05, 0.1) is 5.25 Å². The number of thioether (sulfide) groups is 1. The van der Waals surface area contributed by atoms with Crippen LogP contribution in [0, 0.1) is 0 Å². The van der Waals surface area contributed by atoms with Gasteiger partial charge >= 0.3 is 0 Å². The third kappa shape index (κ3) is 11.5. The van der Waals surface area contributed by atoms with Crippen LogP contribution in [0.4, 0.5) is 0 Å². The summed E-state index contributed by atoms with van der Waals surface area (Å²) in [7, 11) is 0. The highest BCUT2D eigenvalue weighted by atomic mass is 32.2. The second-order valence-electron chi connectivity index (χ2n) is 7.73. The smallest absolute Gasteiger partial charge is 0.242 e. The van der Waals surface area contributed by atoms with E-state index in [2.05, 4.69) is 5.32 Å². The van der Waals surface area contributed by atoms with Crippen molar-refractivity contribution in [1.29, 1.82) is 0 Å². The van der Waals surface area contributed by atoms with Crippen LogP contribution in [-0.2, 0) is 19.2 Å². The molecule has 0 saturated carbocycles. The average molecular weight is 443 g/mol. The molecule has 1 aliphatic rings. The molecule has 0 aromatic heterocycles. The number of carbonyl (C=O) groups is 4. The summed E-state index contributed by atoms with van der Waals surface area (Å²) in [5.41, 5.74) is 10.5. The fraction of sp³-hybridized carbons (Fsp3) is 0.810. The molecule has 1 unspecified atom stereocenters. The zero-order chi connectivity index (χ0) is 22.2. The quantitative estimate of drug-likeness (QED) is 0.218. The van der Waals surface area contributed by atoms with Gasteiger partial charge in [-0.05, 0) is 50.8 Å². The van der Waals surface area contributed by atoms with Gasteiger partial charge in [-0.3, -0.25) is 24.1 Å². The summed E-state index contributed by atoms with van der Waals surface area (Å²) < 4.78 is 0. The van der Waals surface area contributed by atoms with Gasteiger partial charge in [-0.15, -0.1) is 11.8 Å². The lowest BCUT2D eigenvalue weighted by Gasteiger charge is -2.14. The molecule has 0 aliphatic carbocycles. The van der Waals surface area contributed by atoms with E-state index in [0.29, 0.717) is 45.3 Å². The Bertz CT molecular complexity index is 559. The maximum Gasteiger partial charge on any atom is 0.242 e. The topological polar surface area (TPSA) is 136 Å². The number of rotatable bonds is 18. The number of nitrogens with zero attached hydrogens (tertiary/aromatic N) is 1. The number of amides is 4. The van der Waals surface area contributed by atoms with Crippen LogP contribution in [-0.4, -0.2) is 59.2 Å². The van der Waals surface area contributed by atoms with Gasteiger partial charge in [0.15, 0.2) is 0 Å². The van der Waals surface area contributed by atoms with E-state index >= 15 is 0 Å². The Morgan fingerprint density at radius 1 is 0.967 bits per heavy atom. The zero-order valence-corrected chi connectivity index (χ0v) is 18.9. The number of carbonyl (C=O) groups excluding carboxylic acids is 4. The first-order valence-corrected chi connectivity index (χ1v) is 12.2. The van der Waals surface area contributed by atoms with Gasteiger partial charge in [-0.25, -0.2) is 0 Å². The maximum atomic E-state index is 12.4. The van der Waals surface area contributed by atoms with E-state index in [1.807, 2.05) is 0 Å². The lowest BCUT2D eigenvalue weighted by atomic mass is 10.2. The van der Waals surface area contributed by atoms with Crippen molar-refractivity contribution in [3.63, 3.8) is 0 Å². The highest BCUT2D eigenvalue weighted by Gasteiger charge is 2.38. The molecule has 4 amide bonds. The molecule has 1 fully saturated rings. The molecule has 5 N–H and O–H groups in total. The first kappa shape index (κ1) is 26.4. The number of nitrogens with one attached hydrogen (secondary N) is 1. The summed E-state index contributed by atoms with van der Waals surface area (Å²) >= 11 is 1.54. The normalized spacial score (nSPS) is 16.3. The largest absolute Gasteiger partial charge is 0.370 e. The number of hydrogen-bond acceptors (Lipinski definition) is 6. The standard InChI is InChI=1S/C21H38N4O4S/c22-12-6-3-7-13-24-19(27)11-5-2-9-15-30-17-16-20(28)25(21(17)29)14-8-1-4-10-18(23)26/h17H,1-16,22H2,(H2,23,26)(H,24,27). The number of unbranched alkanes of at least 4 members (excludes halogenated alkanes) is 6. The molecule has 1 saturated heterocycles. The molecule has 1 atom stereocenters. The van der Waals surface area contributed by atoms with Gasteiger partial charge < -0.3 is 16.8 Å². The third-order valence-electron chi connectivity index (χ3n) is 5.08. The lowest BCUT2D eigenvalue weighted by molar-refractivity contribution is -0.138. The predicted octanol–water partition coefficient (Wildman–Crippen LogP) is 1.70. The fourth-order valence-electron chi connectivity index (χ4n) is 3.32. The van der Waals surface area contributed by atoms with Crippen molar-refractivity contribution in [3.05, 3.63) is 0 Å². The van der Waals surface area contributed by atoms with E-state index in [1.54, 1.807) is 11.8 Å². The molecule has 0 radical (unpaired) electrons. The summed E-state index contributed by atoms with van der Waals surface area (Å²) in [5, 5.41) is 2.65. The maximum absolute atomic E-state index is 12.4. The summed E-state index contributed by atoms with van der Waals surface area (Å²) in [6, 6.07) is 0. The highest BCUT2D eigenvalue weighted by molar-refractivity contribution is 8.00. The number of likely N-dealkylation sites (tertiary alicyclic amines) is 1. The third-order valence-corrected chi connectivity index (χ3v) is 6.37. The van der Waals surface area contributed by atoms with Gasteiger partial charge in [0.25, 0.3) is 0 Å². The van der Waals surface area contributed by atoms with Gasteiger partial charge in [0, 0.05) is 32.4 Å². The first-order chi connectivity index (χ1) is 14.5. The van der Waals surface area contributed by atoms with Gasteiger partial charge in [0.1, 0.15) is 0 Å². The Morgan fingerprint density at radius 2 is 1.67 bits per heavy atom. The van der Waals surface area contributed by atoms with Crippen LogP contribution in [0.1, 0.15) is 77.0 Å². The summed E-state index contributed by atoms with van der Waals surface area (Å²) in [5.74, 6) is 0.401. The fourth-order valence-corrected chi connectivity index (χ4v) is 4.50. The van der Waals surface area contributed by atoms with E-state index in [0.717, 1.165) is 50.7 Å². The van der Waals surface area contributed by atoms with Crippen molar-refractivity contribution in [1.82, 2.24) is 10.2 Å². The highest BCUT2D eigenvalue weighted by Crippen LogP contribution is 2.26. The minimum atomic E-state index is -0.321. The van der Waals surface area contributed by atoms with Crippen LogP contribution in [0.5, 0.6) is 0 Å². The van der Waals surface area contributed by atoms with Crippen molar-refractivity contribution >= 4 is 35.4 Å². The van der Waals surface area contributed by atoms with E-state index in [-0.39, 0.29) is 35.3 Å². The van der Waals surface area contributed by atoms with Gasteiger partial charge in [0.2, 0.25) is 23.6 Å². The molecule has 0 bridgehead atoms. The molecule has 172 valence electrons. The molecule has 30 heavy (non-hydrogen) atoms. The SMILES string of the molecule is NCCCCCNC(=O)CCCCCSC1CC(=O)N(CCCCCC(N)=O)C1=O. The molecular weight excluding hydrogens is 404 g/mol. The number of nitrogens with two attached hydrogens (primary N) is 2. The monoisotopic (exact) mass is 442 g/mol. The molecule has 0 aromatic rings. The van der Waals surface area contributed by atoms with E-state index in [1.165, 1.54) is 4.90 Å². The summed E-state index contributed by atoms with van der Waals surface area (Å²) in [6.45, 7) is 1.84. The minimum Gasteiger partial charge on any atom is -0.370 e. The van der Waals surface area contributed by atoms with Crippen molar-refractivity contribution in [3.8, 4) is 0 Å². The Kier molecular flexibility index (Phi) is 14.2. The van der Waals surface area contributed by atoms with Crippen LogP contribution in [0.2, 0.25) is 0 Å². The minimum absolute atomic E-state index is 0.0890. The molecule has 0 spiro atoms. The number of primary amides is 1. The summed E-state index contributed by atoms with van der Waals surface area (Å²) in [6.07, 6.45) is 9.04. The van der Waals surface area contributed by atoms with Crippen molar-refractivity contribution in [2.24, 2.45) is 11.5 Å². The van der Waals surface area contributed by atoms with Crippen molar-refractivity contribution in [2.75, 3.05) is 25.4 Å². The van der Waals surface area contributed by atoms with Crippen LogP contribution < -0.4 is 16.8 Å². The Morgan fingerprint density at radius 3 is 2.40 bits per heavy atom. The van der Waals surface area contributed by atoms with Crippen LogP contribution in [0.25, 0.3) is 0 Å². The second-order valence-corrected chi connectivity index (χ2v) is 9.04. The van der Waals surface area contributed by atoms with Crippen molar-refractivity contribution < 1.29 is 19.2 Å². The lowest BCUT2D eigenvalue weighted by Crippen LogP contribution is -2.32. The van der Waals surface area contributed by atoms with E-state index < -0.39 is 0 Å². The molecular formula is C21H38N4O4S.